The first-order valence-corrected chi connectivity index (χ1v) is 10.5. The second-order valence-electron chi connectivity index (χ2n) is 7.69. The number of hydrogen-bond donors (Lipinski definition) is 1. The van der Waals surface area contributed by atoms with Gasteiger partial charge < -0.3 is 15.1 Å². The monoisotopic (exact) mass is 393 g/mol. The molecule has 2 aromatic carbocycles. The van der Waals surface area contributed by atoms with Crippen LogP contribution < -0.4 is 10.2 Å². The lowest BCUT2D eigenvalue weighted by atomic mass is 10.0. The van der Waals surface area contributed by atoms with Crippen molar-refractivity contribution in [3.05, 3.63) is 59.7 Å². The first-order valence-electron chi connectivity index (χ1n) is 10.5. The van der Waals surface area contributed by atoms with Crippen LogP contribution in [0, 0.1) is 12.8 Å². The largest absolute Gasteiger partial charge is 0.368 e. The molecule has 0 unspecified atom stereocenters. The maximum absolute atomic E-state index is 12.6. The van der Waals surface area contributed by atoms with Crippen molar-refractivity contribution < 1.29 is 9.59 Å². The van der Waals surface area contributed by atoms with Crippen LogP contribution in [0.15, 0.2) is 48.5 Å². The first-order chi connectivity index (χ1) is 14.0. The highest BCUT2D eigenvalue weighted by molar-refractivity contribution is 6.04. The molecule has 1 saturated heterocycles. The second kappa shape index (κ2) is 9.59. The lowest BCUT2D eigenvalue weighted by Gasteiger charge is -2.37. The number of carbonyl (C=O) groups is 2. The molecule has 1 heterocycles. The molecule has 2 aromatic rings. The van der Waals surface area contributed by atoms with Crippen molar-refractivity contribution in [2.24, 2.45) is 5.92 Å². The fourth-order valence-electron chi connectivity index (χ4n) is 3.74. The highest BCUT2D eigenvalue weighted by Gasteiger charge is 2.25. The molecule has 1 aliphatic rings. The molecule has 0 spiro atoms. The van der Waals surface area contributed by atoms with Gasteiger partial charge in [0.2, 0.25) is 5.91 Å². The Bertz CT molecular complexity index is 818. The number of aryl methyl sites for hydroxylation is 1. The average molecular weight is 394 g/mol. The minimum atomic E-state index is -0.105. The molecule has 0 aromatic heterocycles. The Kier molecular flexibility index (Phi) is 6.91. The molecule has 5 heteroatoms. The van der Waals surface area contributed by atoms with Crippen molar-refractivity contribution >= 4 is 23.2 Å². The number of rotatable bonds is 6. The van der Waals surface area contributed by atoms with Gasteiger partial charge in [0.25, 0.3) is 5.91 Å². The number of hydrogen-bond acceptors (Lipinski definition) is 3. The Balaban J connectivity index is 1.55. The number of anilines is 2. The summed E-state index contributed by atoms with van der Waals surface area (Å²) in [5.74, 6) is 0.341. The zero-order chi connectivity index (χ0) is 20.8. The number of piperazine rings is 1. The van der Waals surface area contributed by atoms with Crippen LogP contribution in [0.25, 0.3) is 0 Å². The van der Waals surface area contributed by atoms with E-state index >= 15 is 0 Å². The van der Waals surface area contributed by atoms with E-state index in [0.29, 0.717) is 11.5 Å². The van der Waals surface area contributed by atoms with Crippen molar-refractivity contribution in [3.63, 3.8) is 0 Å². The van der Waals surface area contributed by atoms with E-state index in [1.165, 1.54) is 0 Å². The Morgan fingerprint density at radius 2 is 1.48 bits per heavy atom. The molecule has 2 amide bonds. The van der Waals surface area contributed by atoms with E-state index in [9.17, 15) is 9.59 Å². The van der Waals surface area contributed by atoms with Gasteiger partial charge in [0.1, 0.15) is 0 Å². The topological polar surface area (TPSA) is 52.7 Å². The van der Waals surface area contributed by atoms with Crippen molar-refractivity contribution in [2.75, 3.05) is 36.4 Å². The third-order valence-corrected chi connectivity index (χ3v) is 5.73. The molecule has 1 aliphatic heterocycles. The van der Waals surface area contributed by atoms with Crippen LogP contribution in [-0.2, 0) is 4.79 Å². The van der Waals surface area contributed by atoms with Gasteiger partial charge in [-0.25, -0.2) is 0 Å². The molecule has 154 valence electrons. The number of amides is 2. The van der Waals surface area contributed by atoms with Crippen LogP contribution >= 0.6 is 0 Å². The number of nitrogens with one attached hydrogen (secondary N) is 1. The maximum atomic E-state index is 12.6. The average Bonchev–Trinajstić information content (AvgIpc) is 2.75. The molecule has 0 atom stereocenters. The van der Waals surface area contributed by atoms with Gasteiger partial charge in [-0.05, 0) is 56.2 Å². The van der Waals surface area contributed by atoms with Gasteiger partial charge in [0, 0.05) is 49.0 Å². The van der Waals surface area contributed by atoms with Crippen molar-refractivity contribution in [3.8, 4) is 0 Å². The SMILES string of the molecule is CCC(CC)C(=O)N1CCN(c2ccc(NC(=O)c3ccc(C)cc3)cc2)CC1. The predicted octanol–water partition coefficient (Wildman–Crippen LogP) is 4.33. The smallest absolute Gasteiger partial charge is 0.255 e. The van der Waals surface area contributed by atoms with Crippen molar-refractivity contribution in [1.29, 1.82) is 0 Å². The van der Waals surface area contributed by atoms with E-state index in [-0.39, 0.29) is 11.8 Å². The number of benzene rings is 2. The van der Waals surface area contributed by atoms with Crippen LogP contribution in [0.5, 0.6) is 0 Å². The third kappa shape index (κ3) is 5.17. The number of nitrogens with zero attached hydrogens (tertiary/aromatic N) is 2. The van der Waals surface area contributed by atoms with Gasteiger partial charge in [-0.15, -0.1) is 0 Å². The summed E-state index contributed by atoms with van der Waals surface area (Å²) in [5.41, 5.74) is 3.68. The lowest BCUT2D eigenvalue weighted by molar-refractivity contribution is -0.136. The van der Waals surface area contributed by atoms with E-state index in [1.54, 1.807) is 0 Å². The fourth-order valence-corrected chi connectivity index (χ4v) is 3.74. The molecule has 1 fully saturated rings. The minimum Gasteiger partial charge on any atom is -0.368 e. The summed E-state index contributed by atoms with van der Waals surface area (Å²) >= 11 is 0. The van der Waals surface area contributed by atoms with Gasteiger partial charge in [-0.3, -0.25) is 9.59 Å². The van der Waals surface area contributed by atoms with Crippen LogP contribution in [-0.4, -0.2) is 42.9 Å². The van der Waals surface area contributed by atoms with Gasteiger partial charge in [0.05, 0.1) is 0 Å². The van der Waals surface area contributed by atoms with Gasteiger partial charge >= 0.3 is 0 Å². The molecule has 0 bridgehead atoms. The molecule has 0 saturated carbocycles. The summed E-state index contributed by atoms with van der Waals surface area (Å²) < 4.78 is 0. The third-order valence-electron chi connectivity index (χ3n) is 5.73. The van der Waals surface area contributed by atoms with Crippen molar-refractivity contribution in [1.82, 2.24) is 4.90 Å². The summed E-state index contributed by atoms with van der Waals surface area (Å²) in [4.78, 5) is 29.2. The Morgan fingerprint density at radius 3 is 2.03 bits per heavy atom. The summed E-state index contributed by atoms with van der Waals surface area (Å²) in [6.45, 7) is 9.37. The van der Waals surface area contributed by atoms with Gasteiger partial charge in [0.15, 0.2) is 0 Å². The molecule has 1 N–H and O–H groups in total. The quantitative estimate of drug-likeness (QED) is 0.795. The maximum Gasteiger partial charge on any atom is 0.255 e. The molecular weight excluding hydrogens is 362 g/mol. The zero-order valence-electron chi connectivity index (χ0n) is 17.6. The van der Waals surface area contributed by atoms with E-state index in [0.717, 1.165) is 56.0 Å². The van der Waals surface area contributed by atoms with E-state index in [1.807, 2.05) is 60.4 Å². The normalized spacial score (nSPS) is 14.2. The highest BCUT2D eigenvalue weighted by atomic mass is 16.2. The Labute approximate surface area is 173 Å². The minimum absolute atomic E-state index is 0.105. The van der Waals surface area contributed by atoms with E-state index < -0.39 is 0 Å². The fraction of sp³-hybridized carbons (Fsp3) is 0.417. The van der Waals surface area contributed by atoms with E-state index in [2.05, 4.69) is 24.1 Å². The summed E-state index contributed by atoms with van der Waals surface area (Å²) in [6, 6.07) is 15.5. The van der Waals surface area contributed by atoms with Gasteiger partial charge in [-0.2, -0.15) is 0 Å². The van der Waals surface area contributed by atoms with Crippen LogP contribution in [0.4, 0.5) is 11.4 Å². The second-order valence-corrected chi connectivity index (χ2v) is 7.69. The molecule has 3 rings (SSSR count). The first kappa shape index (κ1) is 20.9. The summed E-state index contributed by atoms with van der Waals surface area (Å²) in [7, 11) is 0. The molecule has 0 aliphatic carbocycles. The van der Waals surface area contributed by atoms with E-state index in [4.69, 9.17) is 0 Å². The van der Waals surface area contributed by atoms with Crippen molar-refractivity contribution in [2.45, 2.75) is 33.6 Å². The summed E-state index contributed by atoms with van der Waals surface area (Å²) in [5, 5.41) is 2.94. The van der Waals surface area contributed by atoms with Crippen LogP contribution in [0.2, 0.25) is 0 Å². The molecule has 0 radical (unpaired) electrons. The Hall–Kier alpha value is -2.82. The van der Waals surface area contributed by atoms with Crippen LogP contribution in [0.1, 0.15) is 42.6 Å². The predicted molar refractivity (Wildman–Crippen MR) is 118 cm³/mol. The van der Waals surface area contributed by atoms with Gasteiger partial charge in [-0.1, -0.05) is 31.5 Å². The highest BCUT2D eigenvalue weighted by Crippen LogP contribution is 2.21. The summed E-state index contributed by atoms with van der Waals surface area (Å²) in [6.07, 6.45) is 1.82. The molecule has 5 nitrogen and oxygen atoms in total. The lowest BCUT2D eigenvalue weighted by Crippen LogP contribution is -2.50. The standard InChI is InChI=1S/C24H31N3O2/c1-4-19(5-2)24(29)27-16-14-26(15-17-27)22-12-10-21(11-13-22)25-23(28)20-8-6-18(3)7-9-20/h6-13,19H,4-5,14-17H2,1-3H3,(H,25,28). The Morgan fingerprint density at radius 1 is 0.897 bits per heavy atom. The number of carbonyl (C=O) groups excluding carboxylic acids is 2. The molecule has 29 heavy (non-hydrogen) atoms. The molecular formula is C24H31N3O2. The zero-order valence-corrected chi connectivity index (χ0v) is 17.6. The van der Waals surface area contributed by atoms with Crippen LogP contribution in [0.3, 0.4) is 0 Å².